The number of anilines is 1. The summed E-state index contributed by atoms with van der Waals surface area (Å²) in [7, 11) is 0. The van der Waals surface area contributed by atoms with Crippen LogP contribution in [0.1, 0.15) is 41.1 Å². The van der Waals surface area contributed by atoms with Crippen LogP contribution in [0, 0.1) is 18.3 Å². The first-order chi connectivity index (χ1) is 10.2. The first kappa shape index (κ1) is 13.5. The Labute approximate surface area is 124 Å². The van der Waals surface area contributed by atoms with E-state index in [1.165, 1.54) is 11.1 Å². The van der Waals surface area contributed by atoms with Crippen LogP contribution in [-0.2, 0) is 6.42 Å². The lowest BCUT2D eigenvalue weighted by atomic mass is 9.87. The predicted octanol–water partition coefficient (Wildman–Crippen LogP) is 4.06. The van der Waals surface area contributed by atoms with Gasteiger partial charge in [-0.2, -0.15) is 5.26 Å². The molecule has 106 valence electrons. The third-order valence-corrected chi connectivity index (χ3v) is 4.16. The van der Waals surface area contributed by atoms with Crippen LogP contribution in [0.5, 0.6) is 5.75 Å². The summed E-state index contributed by atoms with van der Waals surface area (Å²) in [5.41, 5.74) is 5.02. The van der Waals surface area contributed by atoms with Gasteiger partial charge in [0.25, 0.3) is 0 Å². The van der Waals surface area contributed by atoms with Crippen molar-refractivity contribution >= 4 is 5.69 Å². The van der Waals surface area contributed by atoms with Crippen molar-refractivity contribution in [1.29, 1.82) is 5.26 Å². The Balaban J connectivity index is 1.95. The molecule has 0 saturated heterocycles. The van der Waals surface area contributed by atoms with Gasteiger partial charge in [0.2, 0.25) is 0 Å². The molecule has 1 aliphatic carbocycles. The summed E-state index contributed by atoms with van der Waals surface area (Å²) in [5, 5.41) is 22.5. The van der Waals surface area contributed by atoms with Gasteiger partial charge in [0, 0.05) is 0 Å². The summed E-state index contributed by atoms with van der Waals surface area (Å²) in [6, 6.07) is 13.9. The number of hydrogen-bond donors (Lipinski definition) is 2. The normalized spacial score (nSPS) is 16.9. The number of aryl methyl sites for hydroxylation is 2. The number of nitriles is 1. The molecule has 0 bridgehead atoms. The van der Waals surface area contributed by atoms with Crippen LogP contribution in [0.2, 0.25) is 0 Å². The molecule has 1 unspecified atom stereocenters. The molecule has 0 fully saturated rings. The Morgan fingerprint density at radius 1 is 1.29 bits per heavy atom. The van der Waals surface area contributed by atoms with Crippen LogP contribution in [0.3, 0.4) is 0 Å². The second-order valence-electron chi connectivity index (χ2n) is 5.58. The summed E-state index contributed by atoms with van der Waals surface area (Å²) < 4.78 is 0. The molecule has 3 nitrogen and oxygen atoms in total. The minimum Gasteiger partial charge on any atom is -0.508 e. The Bertz CT molecular complexity index is 716. The smallest absolute Gasteiger partial charge is 0.115 e. The number of phenolic OH excluding ortho intramolecular Hbond substituents is 1. The largest absolute Gasteiger partial charge is 0.508 e. The number of aromatic hydroxyl groups is 1. The minimum absolute atomic E-state index is 0.197. The quantitative estimate of drug-likeness (QED) is 0.871. The van der Waals surface area contributed by atoms with E-state index in [1.54, 1.807) is 6.07 Å². The highest BCUT2D eigenvalue weighted by Crippen LogP contribution is 2.35. The Morgan fingerprint density at radius 3 is 2.95 bits per heavy atom. The van der Waals surface area contributed by atoms with Crippen LogP contribution in [-0.4, -0.2) is 5.11 Å². The van der Waals surface area contributed by atoms with Crippen molar-refractivity contribution in [2.75, 3.05) is 5.32 Å². The van der Waals surface area contributed by atoms with Crippen molar-refractivity contribution in [3.63, 3.8) is 0 Å². The molecule has 0 heterocycles. The molecule has 0 radical (unpaired) electrons. The Kier molecular flexibility index (Phi) is 3.53. The van der Waals surface area contributed by atoms with Gasteiger partial charge in [-0.15, -0.1) is 0 Å². The van der Waals surface area contributed by atoms with Gasteiger partial charge < -0.3 is 10.4 Å². The van der Waals surface area contributed by atoms with Crippen LogP contribution in [0.15, 0.2) is 36.4 Å². The van der Waals surface area contributed by atoms with Gasteiger partial charge >= 0.3 is 0 Å². The third kappa shape index (κ3) is 2.57. The zero-order valence-corrected chi connectivity index (χ0v) is 12.1. The van der Waals surface area contributed by atoms with Crippen molar-refractivity contribution in [2.24, 2.45) is 0 Å². The molecule has 1 aliphatic rings. The number of benzene rings is 2. The zero-order valence-electron chi connectivity index (χ0n) is 12.1. The maximum atomic E-state index is 9.62. The van der Waals surface area contributed by atoms with Crippen molar-refractivity contribution in [2.45, 2.75) is 32.2 Å². The lowest BCUT2D eigenvalue weighted by molar-refractivity contribution is 0.472. The summed E-state index contributed by atoms with van der Waals surface area (Å²) in [4.78, 5) is 0. The number of nitrogens with one attached hydrogen (secondary N) is 1. The lowest BCUT2D eigenvalue weighted by Crippen LogP contribution is -2.18. The standard InChI is InChI=1S/C18H18N2O/c1-12-4-2-6-18(16(12)11-19)20-17-7-3-5-13-10-14(21)8-9-15(13)17/h2,4,6,8-10,17,20-21H,3,5,7H2,1H3. The average molecular weight is 278 g/mol. The molecule has 21 heavy (non-hydrogen) atoms. The van der Waals surface area contributed by atoms with Crippen molar-refractivity contribution < 1.29 is 5.11 Å². The fourth-order valence-electron chi connectivity index (χ4n) is 3.07. The fraction of sp³-hybridized carbons (Fsp3) is 0.278. The van der Waals surface area contributed by atoms with Crippen LogP contribution >= 0.6 is 0 Å². The molecule has 0 spiro atoms. The number of rotatable bonds is 2. The lowest BCUT2D eigenvalue weighted by Gasteiger charge is -2.28. The summed E-state index contributed by atoms with van der Waals surface area (Å²) in [5.74, 6) is 0.322. The Hall–Kier alpha value is -2.47. The highest BCUT2D eigenvalue weighted by Gasteiger charge is 2.21. The molecule has 1 atom stereocenters. The van der Waals surface area contributed by atoms with Gasteiger partial charge in [0.05, 0.1) is 17.3 Å². The maximum absolute atomic E-state index is 9.62. The highest BCUT2D eigenvalue weighted by atomic mass is 16.3. The number of hydrogen-bond acceptors (Lipinski definition) is 3. The molecule has 2 aromatic rings. The second kappa shape index (κ2) is 5.49. The number of nitrogens with zero attached hydrogens (tertiary/aromatic N) is 1. The summed E-state index contributed by atoms with van der Waals surface area (Å²) >= 11 is 0. The van der Waals surface area contributed by atoms with E-state index in [0.29, 0.717) is 11.3 Å². The second-order valence-corrected chi connectivity index (χ2v) is 5.58. The van der Waals surface area contributed by atoms with E-state index in [2.05, 4.69) is 11.4 Å². The molecular weight excluding hydrogens is 260 g/mol. The molecule has 2 aromatic carbocycles. The van der Waals surface area contributed by atoms with E-state index in [0.717, 1.165) is 30.5 Å². The molecular formula is C18H18N2O. The molecule has 0 amide bonds. The van der Waals surface area contributed by atoms with Crippen molar-refractivity contribution in [3.8, 4) is 11.8 Å². The SMILES string of the molecule is Cc1cccc(NC2CCCc3cc(O)ccc32)c1C#N. The first-order valence-corrected chi connectivity index (χ1v) is 7.27. The van der Waals surface area contributed by atoms with Gasteiger partial charge in [-0.25, -0.2) is 0 Å². The van der Waals surface area contributed by atoms with E-state index in [9.17, 15) is 10.4 Å². The van der Waals surface area contributed by atoms with Crippen molar-refractivity contribution in [1.82, 2.24) is 0 Å². The molecule has 3 rings (SSSR count). The molecule has 0 aromatic heterocycles. The monoisotopic (exact) mass is 278 g/mol. The first-order valence-electron chi connectivity index (χ1n) is 7.27. The summed E-state index contributed by atoms with van der Waals surface area (Å²) in [6.45, 7) is 1.95. The van der Waals surface area contributed by atoms with E-state index in [-0.39, 0.29) is 6.04 Å². The van der Waals surface area contributed by atoms with E-state index in [1.807, 2.05) is 37.3 Å². The minimum atomic E-state index is 0.197. The molecule has 3 heteroatoms. The van der Waals surface area contributed by atoms with Gasteiger partial charge in [-0.3, -0.25) is 0 Å². The molecule has 2 N–H and O–H groups in total. The van der Waals surface area contributed by atoms with Gasteiger partial charge in [-0.1, -0.05) is 18.2 Å². The van der Waals surface area contributed by atoms with Crippen LogP contribution < -0.4 is 5.32 Å². The predicted molar refractivity (Wildman–Crippen MR) is 83.3 cm³/mol. The number of phenols is 1. The van der Waals surface area contributed by atoms with Crippen LogP contribution in [0.25, 0.3) is 0 Å². The van der Waals surface area contributed by atoms with Gasteiger partial charge in [0.15, 0.2) is 0 Å². The topological polar surface area (TPSA) is 56.0 Å². The number of fused-ring (bicyclic) bond motifs is 1. The Morgan fingerprint density at radius 2 is 2.14 bits per heavy atom. The van der Waals surface area contributed by atoms with E-state index < -0.39 is 0 Å². The maximum Gasteiger partial charge on any atom is 0.115 e. The third-order valence-electron chi connectivity index (χ3n) is 4.16. The summed E-state index contributed by atoms with van der Waals surface area (Å²) in [6.07, 6.45) is 3.12. The van der Waals surface area contributed by atoms with Crippen molar-refractivity contribution in [3.05, 3.63) is 58.7 Å². The molecule has 0 saturated carbocycles. The highest BCUT2D eigenvalue weighted by molar-refractivity contribution is 5.62. The van der Waals surface area contributed by atoms with Gasteiger partial charge in [0.1, 0.15) is 11.8 Å². The van der Waals surface area contributed by atoms with Crippen LogP contribution in [0.4, 0.5) is 5.69 Å². The zero-order chi connectivity index (χ0) is 14.8. The van der Waals surface area contributed by atoms with E-state index >= 15 is 0 Å². The average Bonchev–Trinajstić information content (AvgIpc) is 2.47. The van der Waals surface area contributed by atoms with E-state index in [4.69, 9.17) is 0 Å². The molecule has 0 aliphatic heterocycles. The fourth-order valence-corrected chi connectivity index (χ4v) is 3.07. The van der Waals surface area contributed by atoms with Gasteiger partial charge in [-0.05, 0) is 61.1 Å².